The number of ether oxygens (including phenoxy) is 1. The molecule has 0 fully saturated rings. The molecule has 1 amide bonds. The lowest BCUT2D eigenvalue weighted by atomic mass is 10.3. The molecule has 21 heavy (non-hydrogen) atoms. The molecule has 0 atom stereocenters. The lowest BCUT2D eigenvalue weighted by molar-refractivity contribution is -0.127. The number of rotatable bonds is 6. The minimum atomic E-state index is 0.0740. The number of hydrogen-bond acceptors (Lipinski definition) is 4. The highest BCUT2D eigenvalue weighted by Gasteiger charge is 2.11. The summed E-state index contributed by atoms with van der Waals surface area (Å²) in [6.45, 7) is 2.39. The van der Waals surface area contributed by atoms with E-state index in [9.17, 15) is 4.79 Å². The van der Waals surface area contributed by atoms with Gasteiger partial charge in [0.25, 0.3) is 0 Å². The van der Waals surface area contributed by atoms with Gasteiger partial charge in [-0.25, -0.2) is 0 Å². The molecule has 2 rings (SSSR count). The van der Waals surface area contributed by atoms with Crippen molar-refractivity contribution in [3.05, 3.63) is 47.9 Å². The molecular formula is C16H19NO3S. The Morgan fingerprint density at radius 2 is 1.95 bits per heavy atom. The van der Waals surface area contributed by atoms with E-state index in [1.54, 1.807) is 19.1 Å². The fourth-order valence-electron chi connectivity index (χ4n) is 1.82. The highest BCUT2D eigenvalue weighted by Crippen LogP contribution is 2.21. The maximum Gasteiger partial charge on any atom is 0.233 e. The van der Waals surface area contributed by atoms with Crippen LogP contribution in [0.5, 0.6) is 5.75 Å². The van der Waals surface area contributed by atoms with E-state index in [2.05, 4.69) is 0 Å². The molecule has 0 bridgehead atoms. The van der Waals surface area contributed by atoms with Crippen molar-refractivity contribution in [1.82, 2.24) is 4.90 Å². The molecule has 0 N–H and O–H groups in total. The molecule has 4 nitrogen and oxygen atoms in total. The van der Waals surface area contributed by atoms with Crippen molar-refractivity contribution >= 4 is 17.7 Å². The van der Waals surface area contributed by atoms with Crippen LogP contribution in [0.1, 0.15) is 11.5 Å². The van der Waals surface area contributed by atoms with E-state index in [1.807, 2.05) is 43.3 Å². The van der Waals surface area contributed by atoms with Gasteiger partial charge in [0.1, 0.15) is 17.3 Å². The zero-order valence-electron chi connectivity index (χ0n) is 12.5. The van der Waals surface area contributed by atoms with Crippen molar-refractivity contribution < 1.29 is 13.9 Å². The van der Waals surface area contributed by atoms with Crippen molar-refractivity contribution in [2.75, 3.05) is 19.9 Å². The van der Waals surface area contributed by atoms with E-state index in [4.69, 9.17) is 9.15 Å². The molecule has 1 heterocycles. The van der Waals surface area contributed by atoms with Crippen molar-refractivity contribution in [2.45, 2.75) is 18.4 Å². The smallest absolute Gasteiger partial charge is 0.233 e. The van der Waals surface area contributed by atoms with Crippen molar-refractivity contribution in [2.24, 2.45) is 0 Å². The maximum absolute atomic E-state index is 12.1. The second kappa shape index (κ2) is 7.22. The van der Waals surface area contributed by atoms with Crippen LogP contribution in [-0.4, -0.2) is 30.7 Å². The van der Waals surface area contributed by atoms with Gasteiger partial charge in [0, 0.05) is 11.9 Å². The molecule has 5 heteroatoms. The number of thioether (sulfide) groups is 1. The third kappa shape index (κ3) is 4.56. The molecule has 2 aromatic rings. The Balaban J connectivity index is 1.82. The number of amides is 1. The Morgan fingerprint density at radius 1 is 1.24 bits per heavy atom. The van der Waals surface area contributed by atoms with E-state index < -0.39 is 0 Å². The molecule has 0 saturated carbocycles. The number of benzene rings is 1. The first-order valence-electron chi connectivity index (χ1n) is 6.64. The summed E-state index contributed by atoms with van der Waals surface area (Å²) in [6, 6.07) is 11.5. The number of carbonyl (C=O) groups excluding carboxylic acids is 1. The molecule has 0 unspecified atom stereocenters. The van der Waals surface area contributed by atoms with E-state index in [0.717, 1.165) is 22.2 Å². The summed E-state index contributed by atoms with van der Waals surface area (Å²) >= 11 is 1.51. The SMILES string of the molecule is COc1ccc(SCC(=O)N(C)Cc2ccc(C)o2)cc1. The van der Waals surface area contributed by atoms with E-state index in [0.29, 0.717) is 12.3 Å². The van der Waals surface area contributed by atoms with Crippen LogP contribution < -0.4 is 4.74 Å². The van der Waals surface area contributed by atoms with Crippen LogP contribution in [0.25, 0.3) is 0 Å². The van der Waals surface area contributed by atoms with E-state index in [1.165, 1.54) is 11.8 Å². The molecule has 1 aromatic heterocycles. The summed E-state index contributed by atoms with van der Waals surface area (Å²) in [6.07, 6.45) is 0. The van der Waals surface area contributed by atoms with Gasteiger partial charge in [0.2, 0.25) is 5.91 Å². The molecule has 112 valence electrons. The Hall–Kier alpha value is -1.88. The summed E-state index contributed by atoms with van der Waals surface area (Å²) in [5.74, 6) is 2.96. The van der Waals surface area contributed by atoms with E-state index in [-0.39, 0.29) is 5.91 Å². The minimum absolute atomic E-state index is 0.0740. The monoisotopic (exact) mass is 305 g/mol. The number of hydrogen-bond donors (Lipinski definition) is 0. The first kappa shape index (κ1) is 15.5. The molecule has 0 aliphatic carbocycles. The summed E-state index contributed by atoms with van der Waals surface area (Å²) in [5, 5.41) is 0. The van der Waals surface area contributed by atoms with Crippen LogP contribution in [0.2, 0.25) is 0 Å². The molecule has 1 aromatic carbocycles. The van der Waals surface area contributed by atoms with Crippen molar-refractivity contribution in [1.29, 1.82) is 0 Å². The Morgan fingerprint density at radius 3 is 2.52 bits per heavy atom. The highest BCUT2D eigenvalue weighted by molar-refractivity contribution is 8.00. The van der Waals surface area contributed by atoms with Gasteiger partial charge in [-0.05, 0) is 43.3 Å². The second-order valence-corrected chi connectivity index (χ2v) is 5.78. The highest BCUT2D eigenvalue weighted by atomic mass is 32.2. The van der Waals surface area contributed by atoms with Gasteiger partial charge in [-0.1, -0.05) is 0 Å². The van der Waals surface area contributed by atoms with Crippen LogP contribution in [-0.2, 0) is 11.3 Å². The quantitative estimate of drug-likeness (QED) is 0.768. The Bertz CT molecular complexity index is 592. The number of nitrogens with zero attached hydrogens (tertiary/aromatic N) is 1. The van der Waals surface area contributed by atoms with Crippen LogP contribution >= 0.6 is 11.8 Å². The summed E-state index contributed by atoms with van der Waals surface area (Å²) < 4.78 is 10.6. The van der Waals surface area contributed by atoms with Gasteiger partial charge < -0.3 is 14.1 Å². The molecule has 0 aliphatic heterocycles. The van der Waals surface area contributed by atoms with Gasteiger partial charge >= 0.3 is 0 Å². The van der Waals surface area contributed by atoms with Crippen LogP contribution in [0, 0.1) is 6.92 Å². The predicted molar refractivity (Wildman–Crippen MR) is 83.6 cm³/mol. The minimum Gasteiger partial charge on any atom is -0.497 e. The van der Waals surface area contributed by atoms with Crippen LogP contribution in [0.3, 0.4) is 0 Å². The van der Waals surface area contributed by atoms with Gasteiger partial charge in [-0.15, -0.1) is 11.8 Å². The van der Waals surface area contributed by atoms with Gasteiger partial charge in [-0.3, -0.25) is 4.79 Å². The largest absolute Gasteiger partial charge is 0.497 e. The Kier molecular flexibility index (Phi) is 5.33. The molecule has 0 aliphatic rings. The number of methoxy groups -OCH3 is 1. The van der Waals surface area contributed by atoms with Crippen LogP contribution in [0.15, 0.2) is 45.7 Å². The topological polar surface area (TPSA) is 42.7 Å². The van der Waals surface area contributed by atoms with Gasteiger partial charge in [-0.2, -0.15) is 0 Å². The average Bonchev–Trinajstić information content (AvgIpc) is 2.90. The van der Waals surface area contributed by atoms with Gasteiger partial charge in [0.15, 0.2) is 0 Å². The standard InChI is InChI=1S/C16H19NO3S/c1-12-4-5-14(20-12)10-17(2)16(18)11-21-15-8-6-13(19-3)7-9-15/h4-9H,10-11H2,1-3H3. The van der Waals surface area contributed by atoms with Gasteiger partial charge in [0.05, 0.1) is 19.4 Å². The first-order valence-corrected chi connectivity index (χ1v) is 7.63. The van der Waals surface area contributed by atoms with Crippen LogP contribution in [0.4, 0.5) is 0 Å². The zero-order chi connectivity index (χ0) is 15.2. The molecule has 0 saturated heterocycles. The van der Waals surface area contributed by atoms with Crippen molar-refractivity contribution in [3.63, 3.8) is 0 Å². The third-order valence-corrected chi connectivity index (χ3v) is 4.03. The third-order valence-electron chi connectivity index (χ3n) is 3.04. The number of furan rings is 1. The predicted octanol–water partition coefficient (Wildman–Crippen LogP) is 3.35. The molecule has 0 radical (unpaired) electrons. The second-order valence-electron chi connectivity index (χ2n) is 4.73. The fourth-order valence-corrected chi connectivity index (χ4v) is 2.66. The summed E-state index contributed by atoms with van der Waals surface area (Å²) in [5.41, 5.74) is 0. The number of carbonyl (C=O) groups is 1. The average molecular weight is 305 g/mol. The number of aryl methyl sites for hydroxylation is 1. The maximum atomic E-state index is 12.1. The summed E-state index contributed by atoms with van der Waals surface area (Å²) in [7, 11) is 3.42. The lowest BCUT2D eigenvalue weighted by Gasteiger charge is -2.15. The first-order chi connectivity index (χ1) is 10.1. The molecule has 0 spiro atoms. The zero-order valence-corrected chi connectivity index (χ0v) is 13.3. The lowest BCUT2D eigenvalue weighted by Crippen LogP contribution is -2.27. The fraction of sp³-hybridized carbons (Fsp3) is 0.312. The molecular weight excluding hydrogens is 286 g/mol. The van der Waals surface area contributed by atoms with Crippen molar-refractivity contribution in [3.8, 4) is 5.75 Å². The normalized spacial score (nSPS) is 10.4. The summed E-state index contributed by atoms with van der Waals surface area (Å²) in [4.78, 5) is 14.8. The Labute approximate surface area is 129 Å². The van der Waals surface area contributed by atoms with E-state index >= 15 is 0 Å².